The van der Waals surface area contributed by atoms with Crippen LogP contribution < -0.4 is 10.6 Å². The predicted molar refractivity (Wildman–Crippen MR) is 48.9 cm³/mol. The van der Waals surface area contributed by atoms with Crippen LogP contribution in [-0.2, 0) is 9.59 Å². The summed E-state index contributed by atoms with van der Waals surface area (Å²) in [6.07, 6.45) is 2.94. The molecular weight excluding hydrogens is 168 g/mol. The Balaban J connectivity index is 2.37. The second-order valence-corrected chi connectivity index (χ2v) is 3.10. The van der Waals surface area contributed by atoms with Crippen molar-refractivity contribution in [1.82, 2.24) is 10.6 Å². The second-order valence-electron chi connectivity index (χ2n) is 3.10. The average molecular weight is 182 g/mol. The summed E-state index contributed by atoms with van der Waals surface area (Å²) in [6.45, 7) is 4.90. The normalized spacial score (nSPS) is 22.0. The number of carbonyl (C=O) groups is 2. The summed E-state index contributed by atoms with van der Waals surface area (Å²) in [6, 6.07) is 0. The van der Waals surface area contributed by atoms with E-state index in [-0.39, 0.29) is 11.8 Å². The van der Waals surface area contributed by atoms with Gasteiger partial charge in [-0.3, -0.25) is 14.9 Å². The number of hydrogen-bond donors (Lipinski definition) is 2. The number of nitrogens with one attached hydrogen (secondary N) is 2. The molecule has 1 unspecified atom stereocenters. The van der Waals surface area contributed by atoms with Crippen molar-refractivity contribution in [1.29, 1.82) is 0 Å². The van der Waals surface area contributed by atoms with Gasteiger partial charge in [0.1, 0.15) is 0 Å². The Morgan fingerprint density at radius 3 is 2.85 bits per heavy atom. The van der Waals surface area contributed by atoms with Crippen LogP contribution in [0.15, 0.2) is 12.7 Å². The molecular formula is C9H14N2O2. The topological polar surface area (TPSA) is 58.2 Å². The summed E-state index contributed by atoms with van der Waals surface area (Å²) in [4.78, 5) is 22.1. The van der Waals surface area contributed by atoms with Crippen LogP contribution in [-0.4, -0.2) is 24.9 Å². The van der Waals surface area contributed by atoms with Crippen molar-refractivity contribution in [2.24, 2.45) is 5.92 Å². The van der Waals surface area contributed by atoms with Crippen LogP contribution >= 0.6 is 0 Å². The molecule has 1 heterocycles. The minimum absolute atomic E-state index is 0.0716. The molecule has 0 aliphatic carbocycles. The second kappa shape index (κ2) is 4.77. The quantitative estimate of drug-likeness (QED) is 0.582. The third-order valence-electron chi connectivity index (χ3n) is 2.10. The first-order chi connectivity index (χ1) is 6.24. The Hall–Kier alpha value is -1.16. The molecule has 4 nitrogen and oxygen atoms in total. The molecule has 0 bridgehead atoms. The zero-order valence-corrected chi connectivity index (χ0v) is 7.51. The highest BCUT2D eigenvalue weighted by atomic mass is 16.2. The molecule has 2 N–H and O–H groups in total. The molecule has 2 amide bonds. The third kappa shape index (κ3) is 2.99. The molecule has 0 saturated carbocycles. The summed E-state index contributed by atoms with van der Waals surface area (Å²) in [5.41, 5.74) is 0. The van der Waals surface area contributed by atoms with E-state index in [9.17, 15) is 9.59 Å². The molecule has 1 rings (SSSR count). The van der Waals surface area contributed by atoms with Gasteiger partial charge < -0.3 is 5.32 Å². The van der Waals surface area contributed by atoms with E-state index in [0.717, 1.165) is 25.5 Å². The lowest BCUT2D eigenvalue weighted by molar-refractivity contribution is -0.131. The predicted octanol–water partition coefficient (Wildman–Crippen LogP) is -0.185. The Bertz CT molecular complexity index is 220. The van der Waals surface area contributed by atoms with Gasteiger partial charge in [0.2, 0.25) is 11.8 Å². The van der Waals surface area contributed by atoms with Crippen LogP contribution in [0.2, 0.25) is 0 Å². The van der Waals surface area contributed by atoms with Gasteiger partial charge in [0.25, 0.3) is 0 Å². The van der Waals surface area contributed by atoms with Gasteiger partial charge >= 0.3 is 0 Å². The van der Waals surface area contributed by atoms with Crippen molar-refractivity contribution in [3.63, 3.8) is 0 Å². The fraction of sp³-hybridized carbons (Fsp3) is 0.556. The van der Waals surface area contributed by atoms with Gasteiger partial charge in [-0.15, -0.1) is 0 Å². The molecule has 0 aromatic rings. The number of imide groups is 1. The summed E-state index contributed by atoms with van der Waals surface area (Å²) < 4.78 is 0. The van der Waals surface area contributed by atoms with E-state index in [0.29, 0.717) is 6.54 Å². The summed E-state index contributed by atoms with van der Waals surface area (Å²) in [5, 5.41) is 5.37. The van der Waals surface area contributed by atoms with Gasteiger partial charge in [-0.25, -0.2) is 0 Å². The third-order valence-corrected chi connectivity index (χ3v) is 2.10. The maximum Gasteiger partial charge on any atom is 0.249 e. The molecule has 4 heteroatoms. The minimum Gasteiger partial charge on any atom is -0.316 e. The van der Waals surface area contributed by atoms with Crippen molar-refractivity contribution >= 4 is 11.8 Å². The summed E-state index contributed by atoms with van der Waals surface area (Å²) >= 11 is 0. The Kier molecular flexibility index (Phi) is 3.64. The van der Waals surface area contributed by atoms with Crippen LogP contribution in [0.1, 0.15) is 12.8 Å². The number of amides is 2. The zero-order valence-electron chi connectivity index (χ0n) is 7.51. The van der Waals surface area contributed by atoms with E-state index < -0.39 is 5.91 Å². The first-order valence-corrected chi connectivity index (χ1v) is 4.42. The number of rotatable bonds is 2. The molecule has 0 spiro atoms. The molecule has 1 saturated heterocycles. The highest BCUT2D eigenvalue weighted by Gasteiger charge is 2.21. The summed E-state index contributed by atoms with van der Waals surface area (Å²) in [5.74, 6) is -0.690. The van der Waals surface area contributed by atoms with Gasteiger partial charge in [-0.05, 0) is 25.5 Å². The van der Waals surface area contributed by atoms with E-state index >= 15 is 0 Å². The van der Waals surface area contributed by atoms with Crippen molar-refractivity contribution in [3.8, 4) is 0 Å². The van der Waals surface area contributed by atoms with Crippen LogP contribution in [0, 0.1) is 5.92 Å². The summed E-state index contributed by atoms with van der Waals surface area (Å²) in [7, 11) is 0. The highest BCUT2D eigenvalue weighted by Crippen LogP contribution is 2.09. The maximum absolute atomic E-state index is 11.3. The maximum atomic E-state index is 11.3. The van der Waals surface area contributed by atoms with Crippen LogP contribution in [0.3, 0.4) is 0 Å². The van der Waals surface area contributed by atoms with Crippen molar-refractivity contribution in [3.05, 3.63) is 12.7 Å². The molecule has 1 atom stereocenters. The minimum atomic E-state index is -0.421. The van der Waals surface area contributed by atoms with Gasteiger partial charge in [0.05, 0.1) is 5.92 Å². The lowest BCUT2D eigenvalue weighted by atomic mass is 9.99. The molecule has 1 aliphatic rings. The van der Waals surface area contributed by atoms with Crippen LogP contribution in [0.4, 0.5) is 0 Å². The lowest BCUT2D eigenvalue weighted by Gasteiger charge is -2.20. The van der Waals surface area contributed by atoms with Gasteiger partial charge in [-0.2, -0.15) is 0 Å². The first-order valence-electron chi connectivity index (χ1n) is 4.42. The fourth-order valence-electron chi connectivity index (χ4n) is 1.35. The molecule has 1 aliphatic heterocycles. The SMILES string of the molecule is C=CC(=O)NC(=O)C1CCCNC1. The Morgan fingerprint density at radius 1 is 1.54 bits per heavy atom. The molecule has 13 heavy (non-hydrogen) atoms. The largest absolute Gasteiger partial charge is 0.316 e. The zero-order chi connectivity index (χ0) is 9.68. The Morgan fingerprint density at radius 2 is 2.31 bits per heavy atom. The lowest BCUT2D eigenvalue weighted by Crippen LogP contribution is -2.42. The monoisotopic (exact) mass is 182 g/mol. The van der Waals surface area contributed by atoms with Gasteiger partial charge in [-0.1, -0.05) is 6.58 Å². The van der Waals surface area contributed by atoms with Gasteiger partial charge in [0.15, 0.2) is 0 Å². The smallest absolute Gasteiger partial charge is 0.249 e. The number of hydrogen-bond acceptors (Lipinski definition) is 3. The standard InChI is InChI=1S/C9H14N2O2/c1-2-8(12)11-9(13)7-4-3-5-10-6-7/h2,7,10H,1,3-6H2,(H,11,12,13). The van der Waals surface area contributed by atoms with Crippen molar-refractivity contribution in [2.75, 3.05) is 13.1 Å². The molecule has 0 aromatic carbocycles. The van der Waals surface area contributed by atoms with Crippen LogP contribution in [0.5, 0.6) is 0 Å². The fourth-order valence-corrected chi connectivity index (χ4v) is 1.35. The highest BCUT2D eigenvalue weighted by molar-refractivity contribution is 6.01. The van der Waals surface area contributed by atoms with Gasteiger partial charge in [0, 0.05) is 6.54 Å². The van der Waals surface area contributed by atoms with E-state index in [4.69, 9.17) is 0 Å². The first kappa shape index (κ1) is 9.92. The molecule has 1 fully saturated rings. The van der Waals surface area contributed by atoms with Crippen molar-refractivity contribution < 1.29 is 9.59 Å². The number of piperidine rings is 1. The van der Waals surface area contributed by atoms with Crippen LogP contribution in [0.25, 0.3) is 0 Å². The van der Waals surface area contributed by atoms with E-state index in [1.54, 1.807) is 0 Å². The van der Waals surface area contributed by atoms with E-state index in [2.05, 4.69) is 17.2 Å². The average Bonchev–Trinajstić information content (AvgIpc) is 2.19. The molecule has 72 valence electrons. The Labute approximate surface area is 77.4 Å². The van der Waals surface area contributed by atoms with Crippen molar-refractivity contribution in [2.45, 2.75) is 12.8 Å². The van der Waals surface area contributed by atoms with E-state index in [1.807, 2.05) is 0 Å². The molecule has 0 radical (unpaired) electrons. The molecule has 0 aromatic heterocycles. The number of carbonyl (C=O) groups excluding carboxylic acids is 2. The van der Waals surface area contributed by atoms with E-state index in [1.165, 1.54) is 0 Å².